The Morgan fingerprint density at radius 3 is 2.74 bits per heavy atom. The number of nitrogens with two attached hydrogens (primary N) is 1. The van der Waals surface area contributed by atoms with Gasteiger partial charge in [0, 0.05) is 31.3 Å². The number of methoxy groups -OCH3 is 1. The molecule has 0 saturated carbocycles. The van der Waals surface area contributed by atoms with Crippen LogP contribution in [0.25, 0.3) is 0 Å². The first kappa shape index (κ1) is 16.6. The lowest BCUT2D eigenvalue weighted by molar-refractivity contribution is 0.193. The summed E-state index contributed by atoms with van der Waals surface area (Å²) in [6.07, 6.45) is 1.56. The normalized spacial score (nSPS) is 11.7. The summed E-state index contributed by atoms with van der Waals surface area (Å²) in [5, 5.41) is 0. The van der Waals surface area contributed by atoms with Crippen LogP contribution in [0.4, 0.5) is 0 Å². The average molecular weight is 351 g/mol. The van der Waals surface area contributed by atoms with Crippen molar-refractivity contribution in [1.29, 1.82) is 0 Å². The highest BCUT2D eigenvalue weighted by Crippen LogP contribution is 2.23. The number of sulfonamides is 1. The summed E-state index contributed by atoms with van der Waals surface area (Å²) in [5.41, 5.74) is 6.30. The molecular formula is C12H19BrN2O3S. The Morgan fingerprint density at radius 1 is 1.37 bits per heavy atom. The molecule has 0 unspecified atom stereocenters. The number of benzene rings is 1. The minimum Gasteiger partial charge on any atom is -0.385 e. The zero-order valence-electron chi connectivity index (χ0n) is 10.9. The van der Waals surface area contributed by atoms with Gasteiger partial charge >= 0.3 is 0 Å². The molecule has 0 aliphatic heterocycles. The van der Waals surface area contributed by atoms with Crippen molar-refractivity contribution in [3.63, 3.8) is 0 Å². The largest absolute Gasteiger partial charge is 0.385 e. The van der Waals surface area contributed by atoms with E-state index in [0.717, 1.165) is 18.4 Å². The molecule has 0 aliphatic rings. The summed E-state index contributed by atoms with van der Waals surface area (Å²) in [5.74, 6) is 0. The molecule has 0 aliphatic carbocycles. The molecule has 0 fully saturated rings. The van der Waals surface area contributed by atoms with Crippen LogP contribution < -0.4 is 10.5 Å². The summed E-state index contributed by atoms with van der Waals surface area (Å²) in [7, 11) is -1.88. The fourth-order valence-corrected chi connectivity index (χ4v) is 3.62. The molecule has 0 amide bonds. The van der Waals surface area contributed by atoms with E-state index in [4.69, 9.17) is 10.5 Å². The molecule has 0 saturated heterocycles. The van der Waals surface area contributed by atoms with Crippen molar-refractivity contribution < 1.29 is 13.2 Å². The smallest absolute Gasteiger partial charge is 0.241 e. The van der Waals surface area contributed by atoms with Crippen molar-refractivity contribution in [3.05, 3.63) is 28.2 Å². The number of halogens is 1. The standard InChI is InChI=1S/C12H19BrN2O3S/c1-18-7-3-2-6-15-19(16,17)12-8-10(9-14)4-5-11(12)13/h4-5,8,15H,2-3,6-7,9,14H2,1H3. The van der Waals surface area contributed by atoms with Crippen LogP contribution in [0.2, 0.25) is 0 Å². The van der Waals surface area contributed by atoms with Crippen molar-refractivity contribution in [1.82, 2.24) is 4.72 Å². The number of hydrogen-bond acceptors (Lipinski definition) is 4. The van der Waals surface area contributed by atoms with Crippen molar-refractivity contribution >= 4 is 26.0 Å². The maximum absolute atomic E-state index is 12.1. The fourth-order valence-electron chi connectivity index (χ4n) is 1.54. The molecule has 0 spiro atoms. The molecule has 0 aromatic heterocycles. The number of unbranched alkanes of at least 4 members (excludes halogenated alkanes) is 1. The van der Waals surface area contributed by atoms with Crippen LogP contribution in [-0.2, 0) is 21.3 Å². The Bertz CT molecular complexity index is 506. The minimum atomic E-state index is -3.50. The van der Waals surface area contributed by atoms with Crippen molar-refractivity contribution in [2.24, 2.45) is 5.73 Å². The zero-order chi connectivity index (χ0) is 14.3. The molecule has 0 atom stereocenters. The number of ether oxygens (including phenoxy) is 1. The molecule has 0 heterocycles. The third-order valence-corrected chi connectivity index (χ3v) is 5.04. The van der Waals surface area contributed by atoms with Gasteiger partial charge in [-0.25, -0.2) is 13.1 Å². The lowest BCUT2D eigenvalue weighted by Gasteiger charge is -2.09. The highest BCUT2D eigenvalue weighted by molar-refractivity contribution is 9.10. The molecule has 3 N–H and O–H groups in total. The Balaban J connectivity index is 2.71. The van der Waals surface area contributed by atoms with Crippen LogP contribution in [0.5, 0.6) is 0 Å². The summed E-state index contributed by atoms with van der Waals surface area (Å²) < 4.78 is 32.3. The van der Waals surface area contributed by atoms with Gasteiger partial charge in [-0.15, -0.1) is 0 Å². The monoisotopic (exact) mass is 350 g/mol. The van der Waals surface area contributed by atoms with Gasteiger partial charge in [-0.2, -0.15) is 0 Å². The minimum absolute atomic E-state index is 0.224. The highest BCUT2D eigenvalue weighted by Gasteiger charge is 2.17. The Morgan fingerprint density at radius 2 is 2.11 bits per heavy atom. The van der Waals surface area contributed by atoms with Gasteiger partial charge in [-0.3, -0.25) is 0 Å². The van der Waals surface area contributed by atoms with Crippen LogP contribution in [-0.4, -0.2) is 28.7 Å². The van der Waals surface area contributed by atoms with E-state index in [0.29, 0.717) is 24.2 Å². The molecule has 108 valence electrons. The topological polar surface area (TPSA) is 81.4 Å². The molecule has 0 bridgehead atoms. The molecule has 0 radical (unpaired) electrons. The van der Waals surface area contributed by atoms with Gasteiger partial charge in [0.2, 0.25) is 10.0 Å². The van der Waals surface area contributed by atoms with Gasteiger partial charge in [0.1, 0.15) is 0 Å². The van der Waals surface area contributed by atoms with Crippen LogP contribution in [0.1, 0.15) is 18.4 Å². The summed E-state index contributed by atoms with van der Waals surface area (Å²) in [6, 6.07) is 5.07. The van der Waals surface area contributed by atoms with Gasteiger partial charge < -0.3 is 10.5 Å². The first-order valence-corrected chi connectivity index (χ1v) is 8.26. The van der Waals surface area contributed by atoms with Crippen LogP contribution in [0, 0.1) is 0 Å². The Hall–Kier alpha value is -0.470. The van der Waals surface area contributed by atoms with Crippen LogP contribution in [0.15, 0.2) is 27.6 Å². The predicted octanol–water partition coefficient (Wildman–Crippen LogP) is 1.61. The van der Waals surface area contributed by atoms with Crippen molar-refractivity contribution in [3.8, 4) is 0 Å². The third-order valence-electron chi connectivity index (χ3n) is 2.59. The summed E-state index contributed by atoms with van der Waals surface area (Å²) in [4.78, 5) is 0.224. The molecular weight excluding hydrogens is 332 g/mol. The lowest BCUT2D eigenvalue weighted by atomic mass is 10.2. The van der Waals surface area contributed by atoms with Crippen molar-refractivity contribution in [2.45, 2.75) is 24.3 Å². The highest BCUT2D eigenvalue weighted by atomic mass is 79.9. The van der Waals surface area contributed by atoms with E-state index in [1.54, 1.807) is 25.3 Å². The van der Waals surface area contributed by atoms with Gasteiger partial charge in [0.05, 0.1) is 4.90 Å². The molecule has 1 aromatic rings. The number of hydrogen-bond donors (Lipinski definition) is 2. The van der Waals surface area contributed by atoms with E-state index in [2.05, 4.69) is 20.7 Å². The zero-order valence-corrected chi connectivity index (χ0v) is 13.3. The van der Waals surface area contributed by atoms with E-state index in [1.807, 2.05) is 0 Å². The molecule has 7 heteroatoms. The second kappa shape index (κ2) is 7.96. The van der Waals surface area contributed by atoms with Crippen molar-refractivity contribution in [2.75, 3.05) is 20.3 Å². The second-order valence-electron chi connectivity index (χ2n) is 4.07. The van der Waals surface area contributed by atoms with Gasteiger partial charge in [0.15, 0.2) is 0 Å². The van der Waals surface area contributed by atoms with Gasteiger partial charge in [-0.05, 0) is 46.5 Å². The number of nitrogens with one attached hydrogen (secondary N) is 1. The average Bonchev–Trinajstić information content (AvgIpc) is 2.39. The van der Waals surface area contributed by atoms with E-state index in [1.165, 1.54) is 0 Å². The molecule has 5 nitrogen and oxygen atoms in total. The van der Waals surface area contributed by atoms with Gasteiger partial charge in [0.25, 0.3) is 0 Å². The van der Waals surface area contributed by atoms with Gasteiger partial charge in [-0.1, -0.05) is 6.07 Å². The van der Waals surface area contributed by atoms with Crippen LogP contribution >= 0.6 is 15.9 Å². The van der Waals surface area contributed by atoms with E-state index >= 15 is 0 Å². The Labute approximate surface area is 122 Å². The van der Waals surface area contributed by atoms with E-state index in [-0.39, 0.29) is 4.90 Å². The quantitative estimate of drug-likeness (QED) is 0.698. The predicted molar refractivity (Wildman–Crippen MR) is 78.3 cm³/mol. The fraction of sp³-hybridized carbons (Fsp3) is 0.500. The van der Waals surface area contributed by atoms with E-state index < -0.39 is 10.0 Å². The van der Waals surface area contributed by atoms with E-state index in [9.17, 15) is 8.42 Å². The molecule has 1 aromatic carbocycles. The first-order valence-electron chi connectivity index (χ1n) is 5.98. The maximum Gasteiger partial charge on any atom is 0.241 e. The third kappa shape index (κ3) is 5.19. The van der Waals surface area contributed by atoms with Crippen LogP contribution in [0.3, 0.4) is 0 Å². The first-order chi connectivity index (χ1) is 9.01. The second-order valence-corrected chi connectivity index (χ2v) is 6.66. The molecule has 19 heavy (non-hydrogen) atoms. The summed E-state index contributed by atoms with van der Waals surface area (Å²) in [6.45, 7) is 1.34. The summed E-state index contributed by atoms with van der Waals surface area (Å²) >= 11 is 3.25. The maximum atomic E-state index is 12.1. The molecule has 1 rings (SSSR count). The Kier molecular flexibility index (Phi) is 6.95. The lowest BCUT2D eigenvalue weighted by Crippen LogP contribution is -2.25. The number of rotatable bonds is 8. The SMILES string of the molecule is COCCCCNS(=O)(=O)c1cc(CN)ccc1Br.